The van der Waals surface area contributed by atoms with Crippen molar-refractivity contribution in [3.8, 4) is 67.5 Å². The predicted molar refractivity (Wildman–Crippen MR) is 253 cm³/mol. The second-order valence-corrected chi connectivity index (χ2v) is 16.5. The van der Waals surface area contributed by atoms with E-state index in [9.17, 15) is 5.11 Å². The summed E-state index contributed by atoms with van der Waals surface area (Å²) in [5, 5.41) is 12.8. The normalized spacial score (nSPS) is 18.0. The molecule has 4 heteroatoms. The van der Waals surface area contributed by atoms with Gasteiger partial charge in [-0.2, -0.15) is 0 Å². The van der Waals surface area contributed by atoms with Gasteiger partial charge < -0.3 is 5.11 Å². The van der Waals surface area contributed by atoms with Crippen molar-refractivity contribution in [1.82, 2.24) is 14.5 Å². The maximum Gasteiger partial charge on any atom is 0.149 e. The number of rotatable bonds is 6. The molecular weight excluding hydrogens is 731 g/mol. The molecule has 0 unspecified atom stereocenters. The van der Waals surface area contributed by atoms with Gasteiger partial charge in [0, 0.05) is 53.2 Å². The third-order valence-electron chi connectivity index (χ3n) is 11.1. The Morgan fingerprint density at radius 2 is 1.18 bits per heavy atom. The second-order valence-electron chi connectivity index (χ2n) is 16.5. The molecule has 0 fully saturated rings. The van der Waals surface area contributed by atoms with E-state index in [1.807, 2.05) is 92.8 Å². The van der Waals surface area contributed by atoms with Gasteiger partial charge in [0.05, 0.1) is 22.3 Å². The number of pyridine rings is 1. The largest absolute Gasteiger partial charge is 0.507 e. The molecule has 0 radical (unpaired) electrons. The van der Waals surface area contributed by atoms with E-state index in [0.717, 1.165) is 50.6 Å². The zero-order chi connectivity index (χ0) is 57.7. The molecule has 0 saturated carbocycles. The number of aromatic nitrogens is 3. The van der Waals surface area contributed by atoms with E-state index < -0.39 is 85.6 Å². The number of phenols is 1. The topological polar surface area (TPSA) is 50.9 Å². The van der Waals surface area contributed by atoms with E-state index in [-0.39, 0.29) is 5.52 Å². The van der Waals surface area contributed by atoms with Gasteiger partial charge in [0.15, 0.2) is 0 Å². The predicted octanol–water partition coefficient (Wildman–Crippen LogP) is 15.0. The van der Waals surface area contributed by atoms with E-state index in [1.54, 1.807) is 42.5 Å². The zero-order valence-electron chi connectivity index (χ0n) is 52.1. The van der Waals surface area contributed by atoms with Crippen LogP contribution in [-0.2, 0) is 16.2 Å². The summed E-state index contributed by atoms with van der Waals surface area (Å²) in [4.78, 5) is 10.1. The SMILES string of the molecule is [2H]C([2H])([2H])C(c1cc(-c2nc3c(-c4cc(-c5ncc(C)c(-c6ccccc6)c5C)cc(C(C)(C)C)c4)cccc3n2-c2ccc(-c3ccccc3)cc2)c(O)c(C(C([2H])([2H])[2H])(C([2H])([2H])[2H])C([2H])([2H])[2H])c1)(C([2H])([2H])[2H])C([2H])([2H])[2H]. The summed E-state index contributed by atoms with van der Waals surface area (Å²) in [7, 11) is 0. The Bertz CT molecular complexity index is 3470. The summed E-state index contributed by atoms with van der Waals surface area (Å²) in [6.45, 7) is -14.3. The molecule has 302 valence electrons. The van der Waals surface area contributed by atoms with Crippen molar-refractivity contribution in [3.05, 3.63) is 167 Å². The van der Waals surface area contributed by atoms with Crippen LogP contribution in [0.15, 0.2) is 140 Å². The molecule has 0 amide bonds. The number of aryl methyl sites for hydroxylation is 1. The van der Waals surface area contributed by atoms with E-state index in [0.29, 0.717) is 34.1 Å². The first-order valence-electron chi connectivity index (χ1n) is 28.6. The summed E-state index contributed by atoms with van der Waals surface area (Å²) < 4.78 is 158. The Balaban J connectivity index is 1.56. The summed E-state index contributed by atoms with van der Waals surface area (Å²) in [5.41, 5.74) is -2.26. The lowest BCUT2D eigenvalue weighted by Crippen LogP contribution is -2.17. The zero-order valence-corrected chi connectivity index (χ0v) is 34.1. The highest BCUT2D eigenvalue weighted by Gasteiger charge is 2.29. The highest BCUT2D eigenvalue weighted by atomic mass is 16.3. The lowest BCUT2D eigenvalue weighted by Gasteiger charge is -2.27. The van der Waals surface area contributed by atoms with Crippen molar-refractivity contribution in [2.24, 2.45) is 0 Å². The Morgan fingerprint density at radius 1 is 0.567 bits per heavy atom. The molecule has 2 heterocycles. The first-order chi connectivity index (χ1) is 35.9. The summed E-state index contributed by atoms with van der Waals surface area (Å²) in [5.74, 6) is -1.74. The molecule has 0 spiro atoms. The average molecular weight is 806 g/mol. The van der Waals surface area contributed by atoms with Gasteiger partial charge in [-0.1, -0.05) is 159 Å². The number of hydrogen-bond donors (Lipinski definition) is 1. The Kier molecular flexibility index (Phi) is 6.06. The van der Waals surface area contributed by atoms with Crippen LogP contribution >= 0.6 is 0 Å². The maximum absolute atomic E-state index is 12.8. The third kappa shape index (κ3) is 7.56. The van der Waals surface area contributed by atoms with Crippen LogP contribution in [0.1, 0.15) is 114 Å². The molecule has 8 rings (SSSR count). The molecule has 0 saturated heterocycles. The summed E-state index contributed by atoms with van der Waals surface area (Å²) >= 11 is 0. The minimum Gasteiger partial charge on any atom is -0.507 e. The first kappa shape index (κ1) is 24.1. The number of hydrogen-bond acceptors (Lipinski definition) is 3. The van der Waals surface area contributed by atoms with Gasteiger partial charge in [0.25, 0.3) is 0 Å². The van der Waals surface area contributed by atoms with E-state index in [1.165, 1.54) is 4.57 Å². The fourth-order valence-corrected chi connectivity index (χ4v) is 7.94. The maximum atomic E-state index is 12.8. The molecule has 0 aliphatic heterocycles. The molecule has 1 N–H and O–H groups in total. The fraction of sp³-hybridized carbons (Fsp3) is 0.250. The van der Waals surface area contributed by atoms with Crippen LogP contribution < -0.4 is 0 Å². The number of fused-ring (bicyclic) bond motifs is 1. The van der Waals surface area contributed by atoms with E-state index >= 15 is 0 Å². The first-order valence-corrected chi connectivity index (χ1v) is 19.6. The molecule has 6 aromatic carbocycles. The lowest BCUT2D eigenvalue weighted by molar-refractivity contribution is 0.446. The monoisotopic (exact) mass is 806 g/mol. The molecule has 0 atom stereocenters. The smallest absolute Gasteiger partial charge is 0.149 e. The van der Waals surface area contributed by atoms with Gasteiger partial charge in [0.2, 0.25) is 0 Å². The summed E-state index contributed by atoms with van der Waals surface area (Å²) in [6, 6.07) is 38.4. The van der Waals surface area contributed by atoms with Crippen LogP contribution in [-0.4, -0.2) is 19.6 Å². The van der Waals surface area contributed by atoms with Gasteiger partial charge >= 0.3 is 0 Å². The van der Waals surface area contributed by atoms with Crippen LogP contribution in [0.3, 0.4) is 0 Å². The van der Waals surface area contributed by atoms with Gasteiger partial charge in [-0.25, -0.2) is 4.98 Å². The quantitative estimate of drug-likeness (QED) is 0.182. The highest BCUT2D eigenvalue weighted by molar-refractivity contribution is 5.97. The lowest BCUT2D eigenvalue weighted by atomic mass is 9.79. The molecule has 2 aromatic heterocycles. The summed E-state index contributed by atoms with van der Waals surface area (Å²) in [6.07, 6.45) is 1.82. The van der Waals surface area contributed by atoms with E-state index in [4.69, 9.17) is 34.6 Å². The minimum absolute atomic E-state index is 0.198. The number of phenolic OH excluding ortho intramolecular Hbond substituents is 1. The number of nitrogens with zero attached hydrogens (tertiary/aromatic N) is 3. The molecule has 4 nitrogen and oxygen atoms in total. The van der Waals surface area contributed by atoms with Crippen LogP contribution in [0.5, 0.6) is 5.75 Å². The van der Waals surface area contributed by atoms with Gasteiger partial charge in [-0.3, -0.25) is 9.55 Å². The van der Waals surface area contributed by atoms with Gasteiger partial charge in [-0.05, 0) is 117 Å². The number of aromatic hydroxyl groups is 1. The number of para-hydroxylation sites is 1. The molecule has 8 aromatic rings. The molecule has 0 aliphatic carbocycles. The molecule has 0 aliphatic rings. The molecule has 60 heavy (non-hydrogen) atoms. The van der Waals surface area contributed by atoms with E-state index in [2.05, 4.69) is 26.8 Å². The van der Waals surface area contributed by atoms with Crippen molar-refractivity contribution in [2.45, 2.75) is 92.0 Å². The Hall–Kier alpha value is -6.26. The van der Waals surface area contributed by atoms with Crippen molar-refractivity contribution >= 4 is 11.0 Å². The minimum atomic E-state index is -4.11. The van der Waals surface area contributed by atoms with Crippen molar-refractivity contribution < 1.29 is 29.8 Å². The van der Waals surface area contributed by atoms with Crippen molar-refractivity contribution in [3.63, 3.8) is 0 Å². The fourth-order valence-electron chi connectivity index (χ4n) is 7.94. The third-order valence-corrected chi connectivity index (χ3v) is 11.1. The van der Waals surface area contributed by atoms with Crippen molar-refractivity contribution in [2.75, 3.05) is 0 Å². The van der Waals surface area contributed by atoms with Gasteiger partial charge in [0.1, 0.15) is 11.6 Å². The molecular formula is C56H57N3O. The Morgan fingerprint density at radius 3 is 1.83 bits per heavy atom. The van der Waals surface area contributed by atoms with Crippen LogP contribution in [0.2, 0.25) is 0 Å². The van der Waals surface area contributed by atoms with Crippen LogP contribution in [0.4, 0.5) is 0 Å². The number of benzene rings is 6. The standard InChI is InChI=1S/C56H57N3O/c1-35-34-57-50(36(2)49(35)39-21-16-13-17-22-39)41-29-40(30-42(31-41)54(3,4)5)45-23-18-24-48-51(45)58-53(46-32-43(55(6,7)8)33-47(52(46)60)56(9,10)11)59(48)44-27-25-38(26-28-44)37-19-14-12-15-20-37/h12-34,60H,1-11H3/i6D3,7D3,8D3,9D3,10D3,11D3. The van der Waals surface area contributed by atoms with Crippen LogP contribution in [0, 0.1) is 13.8 Å². The highest BCUT2D eigenvalue weighted by Crippen LogP contribution is 2.45. The number of imidazole rings is 1. The second kappa shape index (κ2) is 15.1. The van der Waals surface area contributed by atoms with Crippen LogP contribution in [0.25, 0.3) is 72.7 Å². The van der Waals surface area contributed by atoms with Crippen molar-refractivity contribution in [1.29, 1.82) is 0 Å². The molecule has 0 bridgehead atoms. The average Bonchev–Trinajstić information content (AvgIpc) is 3.21. The Labute approximate surface area is 382 Å². The van der Waals surface area contributed by atoms with Gasteiger partial charge in [-0.15, -0.1) is 0 Å².